The molecule has 0 saturated carbocycles. The van der Waals surface area contributed by atoms with E-state index in [2.05, 4.69) is 34.0 Å². The lowest BCUT2D eigenvalue weighted by Gasteiger charge is -2.16. The van der Waals surface area contributed by atoms with Crippen LogP contribution in [0.15, 0.2) is 34.6 Å². The van der Waals surface area contributed by atoms with Gasteiger partial charge in [-0.3, -0.25) is 0 Å². The van der Waals surface area contributed by atoms with Crippen molar-refractivity contribution in [3.63, 3.8) is 0 Å². The maximum atomic E-state index is 5.53. The zero-order valence-corrected chi connectivity index (χ0v) is 19.4. The van der Waals surface area contributed by atoms with E-state index in [9.17, 15) is 0 Å². The van der Waals surface area contributed by atoms with Crippen LogP contribution in [-0.2, 0) is 13.0 Å². The summed E-state index contributed by atoms with van der Waals surface area (Å²) in [7, 11) is 4.87. The third-order valence-corrected chi connectivity index (χ3v) is 4.65. The summed E-state index contributed by atoms with van der Waals surface area (Å²) in [5.41, 5.74) is 1.05. The van der Waals surface area contributed by atoms with Gasteiger partial charge in [-0.2, -0.15) is 0 Å². The Morgan fingerprint density at radius 1 is 1.04 bits per heavy atom. The number of methoxy groups -OCH3 is 3. The molecule has 2 aromatic rings. The molecule has 0 aliphatic heterocycles. The highest BCUT2D eigenvalue weighted by atomic mass is 127. The van der Waals surface area contributed by atoms with Gasteiger partial charge in [0.25, 0.3) is 0 Å². The van der Waals surface area contributed by atoms with Crippen molar-refractivity contribution in [1.82, 2.24) is 10.6 Å². The fraction of sp³-hybridized carbons (Fsp3) is 0.421. The van der Waals surface area contributed by atoms with E-state index >= 15 is 0 Å². The Kier molecular flexibility index (Phi) is 11.0. The van der Waals surface area contributed by atoms with Crippen LogP contribution in [0.3, 0.4) is 0 Å². The Morgan fingerprint density at radius 2 is 1.81 bits per heavy atom. The number of rotatable bonds is 9. The first-order valence-corrected chi connectivity index (χ1v) is 9.43. The summed E-state index contributed by atoms with van der Waals surface area (Å²) in [5, 5.41) is 8.70. The molecular weight excluding hydrogens is 477 g/mol. The highest BCUT2D eigenvalue weighted by molar-refractivity contribution is 14.0. The highest BCUT2D eigenvalue weighted by Gasteiger charge is 2.15. The van der Waals surface area contributed by atoms with Gasteiger partial charge in [0, 0.05) is 23.5 Å². The molecule has 0 atom stereocenters. The molecule has 0 saturated heterocycles. The van der Waals surface area contributed by atoms with Crippen molar-refractivity contribution in [2.24, 2.45) is 4.99 Å². The van der Waals surface area contributed by atoms with Gasteiger partial charge in [0.1, 0.15) is 0 Å². The summed E-state index contributed by atoms with van der Waals surface area (Å²) < 4.78 is 16.3. The van der Waals surface area contributed by atoms with Crippen LogP contribution in [0.5, 0.6) is 17.2 Å². The van der Waals surface area contributed by atoms with E-state index in [1.165, 1.54) is 4.88 Å². The van der Waals surface area contributed by atoms with Crippen LogP contribution in [0.2, 0.25) is 0 Å². The van der Waals surface area contributed by atoms with Gasteiger partial charge in [-0.25, -0.2) is 4.99 Å². The average Bonchev–Trinajstić information content (AvgIpc) is 3.18. The van der Waals surface area contributed by atoms with Gasteiger partial charge in [0.2, 0.25) is 5.75 Å². The third-order valence-electron chi connectivity index (χ3n) is 3.79. The second-order valence-electron chi connectivity index (χ2n) is 5.44. The molecule has 0 spiro atoms. The number of nitrogens with one attached hydrogen (secondary N) is 2. The molecule has 0 unspecified atom stereocenters. The summed E-state index contributed by atoms with van der Waals surface area (Å²) in [4.78, 5) is 5.86. The van der Waals surface area contributed by atoms with Crippen molar-refractivity contribution in [1.29, 1.82) is 0 Å². The molecule has 1 heterocycles. The van der Waals surface area contributed by atoms with Crippen LogP contribution >= 0.6 is 35.3 Å². The molecule has 0 bridgehead atoms. The minimum atomic E-state index is 0. The maximum Gasteiger partial charge on any atom is 0.203 e. The van der Waals surface area contributed by atoms with Gasteiger partial charge >= 0.3 is 0 Å². The van der Waals surface area contributed by atoms with E-state index < -0.39 is 0 Å². The number of ether oxygens (including phenoxy) is 3. The van der Waals surface area contributed by atoms with E-state index in [4.69, 9.17) is 14.2 Å². The summed E-state index contributed by atoms with van der Waals surface area (Å²) in [6.07, 6.45) is 0.771. The van der Waals surface area contributed by atoms with Gasteiger partial charge < -0.3 is 24.8 Å². The quantitative estimate of drug-likeness (QED) is 0.309. The third kappa shape index (κ3) is 6.76. The van der Waals surface area contributed by atoms with Gasteiger partial charge in [-0.05, 0) is 30.9 Å². The summed E-state index contributed by atoms with van der Waals surface area (Å²) in [6, 6.07) is 8.02. The van der Waals surface area contributed by atoms with E-state index in [1.54, 1.807) is 32.7 Å². The van der Waals surface area contributed by atoms with Crippen molar-refractivity contribution in [2.45, 2.75) is 19.9 Å². The number of hydrogen-bond donors (Lipinski definition) is 2. The van der Waals surface area contributed by atoms with Crippen molar-refractivity contribution in [2.75, 3.05) is 34.4 Å². The lowest BCUT2D eigenvalue weighted by atomic mass is 10.1. The van der Waals surface area contributed by atoms with E-state index in [-0.39, 0.29) is 24.0 Å². The Hall–Kier alpha value is -1.68. The summed E-state index contributed by atoms with van der Waals surface area (Å²) in [5.74, 6) is 2.78. The molecule has 8 heteroatoms. The number of thiophene rings is 1. The number of guanidine groups is 1. The highest BCUT2D eigenvalue weighted by Crippen LogP contribution is 2.39. The molecule has 150 valence electrons. The molecule has 27 heavy (non-hydrogen) atoms. The molecule has 0 fully saturated rings. The fourth-order valence-corrected chi connectivity index (χ4v) is 3.21. The molecule has 2 rings (SSSR count). The Morgan fingerprint density at radius 3 is 2.41 bits per heavy atom. The van der Waals surface area contributed by atoms with Crippen molar-refractivity contribution in [3.05, 3.63) is 40.1 Å². The summed E-state index contributed by atoms with van der Waals surface area (Å²) >= 11 is 1.71. The Bertz CT molecular complexity index is 708. The summed E-state index contributed by atoms with van der Waals surface area (Å²) in [6.45, 7) is 4.27. The number of aliphatic imine (C=N–C) groups is 1. The molecule has 0 aliphatic rings. The lowest BCUT2D eigenvalue weighted by Crippen LogP contribution is -2.38. The van der Waals surface area contributed by atoms with Crippen LogP contribution in [0.25, 0.3) is 0 Å². The SMILES string of the molecule is CCNC(=NCc1cccs1)NCCc1ccc(OC)c(OC)c1OC.I. The maximum absolute atomic E-state index is 5.53. The minimum Gasteiger partial charge on any atom is -0.493 e. The molecular formula is C19H28IN3O3S. The van der Waals surface area contributed by atoms with Crippen LogP contribution in [0.4, 0.5) is 0 Å². The van der Waals surface area contributed by atoms with Crippen LogP contribution in [0, 0.1) is 0 Å². The monoisotopic (exact) mass is 505 g/mol. The fourth-order valence-electron chi connectivity index (χ4n) is 2.58. The molecule has 0 aliphatic carbocycles. The first-order valence-electron chi connectivity index (χ1n) is 8.55. The molecule has 1 aromatic heterocycles. The number of benzene rings is 1. The van der Waals surface area contributed by atoms with Crippen LogP contribution in [-0.4, -0.2) is 40.4 Å². The van der Waals surface area contributed by atoms with Crippen molar-refractivity contribution < 1.29 is 14.2 Å². The van der Waals surface area contributed by atoms with Gasteiger partial charge in [-0.1, -0.05) is 12.1 Å². The standard InChI is InChI=1S/C19H27N3O3S.HI/c1-5-20-19(22-13-15-7-6-12-26-15)21-11-10-14-8-9-16(23-2)18(25-4)17(14)24-3;/h6-9,12H,5,10-11,13H2,1-4H3,(H2,20,21,22);1H. The second-order valence-corrected chi connectivity index (χ2v) is 6.48. The smallest absolute Gasteiger partial charge is 0.203 e. The molecule has 0 amide bonds. The van der Waals surface area contributed by atoms with E-state index in [1.807, 2.05) is 18.2 Å². The molecule has 1 aromatic carbocycles. The van der Waals surface area contributed by atoms with Crippen molar-refractivity contribution in [3.8, 4) is 17.2 Å². The lowest BCUT2D eigenvalue weighted by molar-refractivity contribution is 0.322. The zero-order valence-electron chi connectivity index (χ0n) is 16.2. The predicted octanol–water partition coefficient (Wildman–Crippen LogP) is 3.69. The Labute approximate surface area is 182 Å². The second kappa shape index (κ2) is 12.7. The predicted molar refractivity (Wildman–Crippen MR) is 122 cm³/mol. The number of hydrogen-bond acceptors (Lipinski definition) is 5. The van der Waals surface area contributed by atoms with Gasteiger partial charge in [-0.15, -0.1) is 35.3 Å². The van der Waals surface area contributed by atoms with E-state index in [0.717, 1.165) is 31.0 Å². The first kappa shape index (κ1) is 23.4. The van der Waals surface area contributed by atoms with Gasteiger partial charge in [0.05, 0.1) is 27.9 Å². The molecule has 6 nitrogen and oxygen atoms in total. The van der Waals surface area contributed by atoms with Crippen LogP contribution < -0.4 is 24.8 Å². The van der Waals surface area contributed by atoms with E-state index in [0.29, 0.717) is 23.8 Å². The van der Waals surface area contributed by atoms with Gasteiger partial charge in [0.15, 0.2) is 17.5 Å². The minimum absolute atomic E-state index is 0. The van der Waals surface area contributed by atoms with Crippen LogP contribution in [0.1, 0.15) is 17.4 Å². The Balaban J connectivity index is 0.00000364. The number of nitrogens with zero attached hydrogens (tertiary/aromatic N) is 1. The normalized spacial score (nSPS) is 10.7. The van der Waals surface area contributed by atoms with Crippen molar-refractivity contribution >= 4 is 41.3 Å². The number of halogens is 1. The topological polar surface area (TPSA) is 64.1 Å². The molecule has 0 radical (unpaired) electrons. The largest absolute Gasteiger partial charge is 0.493 e. The zero-order chi connectivity index (χ0) is 18.8. The average molecular weight is 505 g/mol. The first-order chi connectivity index (χ1) is 12.7. The molecule has 2 N–H and O–H groups in total.